The maximum atomic E-state index is 11.5. The third-order valence-electron chi connectivity index (χ3n) is 2.95. The summed E-state index contributed by atoms with van der Waals surface area (Å²) in [7, 11) is -8.09. The summed E-state index contributed by atoms with van der Waals surface area (Å²) in [5.41, 5.74) is 0. The van der Waals surface area contributed by atoms with Gasteiger partial charge in [-0.2, -0.15) is 16.8 Å². The van der Waals surface area contributed by atoms with Crippen LogP contribution in [-0.4, -0.2) is 83.7 Å². The highest BCUT2D eigenvalue weighted by atomic mass is 32.2. The summed E-state index contributed by atoms with van der Waals surface area (Å²) in [6.45, 7) is 1.25. The molecule has 0 radical (unpaired) electrons. The van der Waals surface area contributed by atoms with Gasteiger partial charge in [-0.1, -0.05) is 0 Å². The second-order valence-corrected chi connectivity index (χ2v) is 8.71. The zero-order chi connectivity index (χ0) is 20.3. The highest BCUT2D eigenvalue weighted by molar-refractivity contribution is 7.86. The van der Waals surface area contributed by atoms with Crippen molar-refractivity contribution in [2.24, 2.45) is 0 Å². The first-order valence-electron chi connectivity index (χ1n) is 7.10. The van der Waals surface area contributed by atoms with E-state index in [1.807, 2.05) is 0 Å². The normalized spacial score (nSPS) is 29.8. The van der Waals surface area contributed by atoms with Gasteiger partial charge in [0.15, 0.2) is 18.5 Å². The third-order valence-corrected chi connectivity index (χ3v) is 4.08. The fourth-order valence-electron chi connectivity index (χ4n) is 2.18. The van der Waals surface area contributed by atoms with E-state index in [2.05, 4.69) is 4.18 Å². The van der Waals surface area contributed by atoms with E-state index in [0.717, 1.165) is 20.1 Å². The molecule has 26 heavy (non-hydrogen) atoms. The summed E-state index contributed by atoms with van der Waals surface area (Å²) >= 11 is 0. The SMILES string of the molecule is CC(=O)O[C@@H]1[C@@H](OC(C)=O)[C@H](O)O[C@H](COS(C)(=O)=O)[C@H]1OS(C)(=O)=O. The molecule has 0 aromatic heterocycles. The highest BCUT2D eigenvalue weighted by Crippen LogP contribution is 2.29. The first kappa shape index (κ1) is 22.7. The van der Waals surface area contributed by atoms with Gasteiger partial charge in [0.2, 0.25) is 0 Å². The number of aliphatic hydroxyl groups is 1. The van der Waals surface area contributed by atoms with Crippen molar-refractivity contribution < 1.29 is 54.1 Å². The Hall–Kier alpha value is -1.32. The summed E-state index contributed by atoms with van der Waals surface area (Å²) in [6, 6.07) is 0. The second kappa shape index (κ2) is 8.58. The van der Waals surface area contributed by atoms with Crippen LogP contribution in [0.15, 0.2) is 0 Å². The molecule has 1 aliphatic heterocycles. The number of rotatable bonds is 7. The lowest BCUT2D eigenvalue weighted by Crippen LogP contribution is -2.62. The van der Waals surface area contributed by atoms with Crippen LogP contribution in [0.5, 0.6) is 0 Å². The Labute approximate surface area is 150 Å². The average Bonchev–Trinajstić information content (AvgIpc) is 2.41. The van der Waals surface area contributed by atoms with E-state index >= 15 is 0 Å². The van der Waals surface area contributed by atoms with Gasteiger partial charge in [0.05, 0.1) is 19.1 Å². The first-order valence-corrected chi connectivity index (χ1v) is 10.7. The van der Waals surface area contributed by atoms with E-state index < -0.39 is 69.5 Å². The number of carbonyl (C=O) groups is 2. The van der Waals surface area contributed by atoms with Crippen molar-refractivity contribution in [3.05, 3.63) is 0 Å². The van der Waals surface area contributed by atoms with Crippen LogP contribution in [0.2, 0.25) is 0 Å². The summed E-state index contributed by atoms with van der Waals surface area (Å²) in [5, 5.41) is 10.0. The number of carbonyl (C=O) groups excluding carboxylic acids is 2. The van der Waals surface area contributed by atoms with Crippen LogP contribution in [0.3, 0.4) is 0 Å². The lowest BCUT2D eigenvalue weighted by atomic mass is 9.99. The lowest BCUT2D eigenvalue weighted by molar-refractivity contribution is -0.287. The molecular formula is C12H20O12S2. The Morgan fingerprint density at radius 2 is 1.42 bits per heavy atom. The minimum atomic E-state index is -4.15. The predicted octanol–water partition coefficient (Wildman–Crippen LogP) is -2.11. The zero-order valence-electron chi connectivity index (χ0n) is 14.3. The van der Waals surface area contributed by atoms with Crippen molar-refractivity contribution in [2.45, 2.75) is 44.6 Å². The molecule has 1 fully saturated rings. The summed E-state index contributed by atoms with van der Waals surface area (Å²) in [4.78, 5) is 22.6. The number of hydrogen-bond donors (Lipinski definition) is 1. The molecule has 0 saturated carbocycles. The molecule has 1 N–H and O–H groups in total. The Morgan fingerprint density at radius 3 is 1.85 bits per heavy atom. The van der Waals surface area contributed by atoms with Gasteiger partial charge in [0.25, 0.3) is 20.2 Å². The van der Waals surface area contributed by atoms with Crippen molar-refractivity contribution >= 4 is 32.2 Å². The first-order chi connectivity index (χ1) is 11.7. The van der Waals surface area contributed by atoms with Crippen LogP contribution in [0.1, 0.15) is 13.8 Å². The van der Waals surface area contributed by atoms with Crippen LogP contribution >= 0.6 is 0 Å². The predicted molar refractivity (Wildman–Crippen MR) is 82.5 cm³/mol. The van der Waals surface area contributed by atoms with Gasteiger partial charge in [0, 0.05) is 13.8 Å². The van der Waals surface area contributed by atoms with Crippen LogP contribution in [-0.2, 0) is 52.4 Å². The molecule has 1 heterocycles. The molecule has 1 rings (SSSR count). The van der Waals surface area contributed by atoms with E-state index in [0.29, 0.717) is 6.26 Å². The average molecular weight is 420 g/mol. The summed E-state index contributed by atoms with van der Waals surface area (Å²) < 4.78 is 69.6. The van der Waals surface area contributed by atoms with Crippen molar-refractivity contribution in [1.29, 1.82) is 0 Å². The molecule has 0 amide bonds. The largest absolute Gasteiger partial charge is 0.455 e. The molecule has 14 heteroatoms. The molecular weight excluding hydrogens is 400 g/mol. The van der Waals surface area contributed by atoms with E-state index in [9.17, 15) is 31.5 Å². The van der Waals surface area contributed by atoms with Crippen molar-refractivity contribution in [2.75, 3.05) is 19.1 Å². The Bertz CT molecular complexity index is 727. The quantitative estimate of drug-likeness (QED) is 0.352. The maximum absolute atomic E-state index is 11.5. The van der Waals surface area contributed by atoms with Gasteiger partial charge in [-0.3, -0.25) is 18.0 Å². The van der Waals surface area contributed by atoms with Gasteiger partial charge < -0.3 is 19.3 Å². The van der Waals surface area contributed by atoms with Crippen LogP contribution in [0.4, 0.5) is 0 Å². The van der Waals surface area contributed by atoms with Gasteiger partial charge in [0.1, 0.15) is 12.2 Å². The van der Waals surface area contributed by atoms with Gasteiger partial charge >= 0.3 is 11.9 Å². The molecule has 0 bridgehead atoms. The van der Waals surface area contributed by atoms with E-state index in [-0.39, 0.29) is 0 Å². The minimum Gasteiger partial charge on any atom is -0.455 e. The minimum absolute atomic E-state index is 0.693. The molecule has 5 atom stereocenters. The second-order valence-electron chi connectivity index (χ2n) is 5.47. The van der Waals surface area contributed by atoms with Crippen LogP contribution in [0.25, 0.3) is 0 Å². The van der Waals surface area contributed by atoms with Crippen molar-refractivity contribution in [1.82, 2.24) is 0 Å². The zero-order valence-corrected chi connectivity index (χ0v) is 16.0. The standard InChI is InChI=1S/C12H20O12S2/c1-6(13)21-10-9(24-26(4,18)19)8(5-20-25(3,16)17)23-12(15)11(10)22-7(2)14/h8-12,15H,5H2,1-4H3/t8-,9-,10+,11-,12-/m1/s1. The fourth-order valence-corrected chi connectivity index (χ4v) is 3.20. The Balaban J connectivity index is 3.25. The fraction of sp³-hybridized carbons (Fsp3) is 0.833. The van der Waals surface area contributed by atoms with E-state index in [1.54, 1.807) is 0 Å². The smallest absolute Gasteiger partial charge is 0.303 e. The number of ether oxygens (including phenoxy) is 3. The van der Waals surface area contributed by atoms with Gasteiger partial charge in [-0.05, 0) is 0 Å². The van der Waals surface area contributed by atoms with Crippen molar-refractivity contribution in [3.63, 3.8) is 0 Å². The van der Waals surface area contributed by atoms with Crippen LogP contribution < -0.4 is 0 Å². The topological polar surface area (TPSA) is 169 Å². The Morgan fingerprint density at radius 1 is 0.923 bits per heavy atom. The molecule has 1 saturated heterocycles. The highest BCUT2D eigenvalue weighted by Gasteiger charge is 2.51. The van der Waals surface area contributed by atoms with Crippen molar-refractivity contribution in [3.8, 4) is 0 Å². The summed E-state index contributed by atoms with van der Waals surface area (Å²) in [5.74, 6) is -1.77. The molecule has 0 aromatic carbocycles. The van der Waals surface area contributed by atoms with E-state index in [1.165, 1.54) is 0 Å². The summed E-state index contributed by atoms with van der Waals surface area (Å²) in [6.07, 6.45) is -6.78. The molecule has 0 unspecified atom stereocenters. The maximum Gasteiger partial charge on any atom is 0.303 e. The molecule has 1 aliphatic rings. The van der Waals surface area contributed by atoms with E-state index in [4.69, 9.17) is 18.4 Å². The molecule has 0 aromatic rings. The lowest BCUT2D eigenvalue weighted by Gasteiger charge is -2.42. The number of esters is 2. The van der Waals surface area contributed by atoms with Gasteiger partial charge in [-0.15, -0.1) is 0 Å². The van der Waals surface area contributed by atoms with Gasteiger partial charge in [-0.25, -0.2) is 0 Å². The molecule has 0 spiro atoms. The van der Waals surface area contributed by atoms with Crippen LogP contribution in [0, 0.1) is 0 Å². The monoisotopic (exact) mass is 420 g/mol. The number of hydrogen-bond acceptors (Lipinski definition) is 12. The Kier molecular flexibility index (Phi) is 7.50. The number of aliphatic hydroxyl groups excluding tert-OH is 1. The molecule has 152 valence electrons. The third kappa shape index (κ3) is 7.51. The molecule has 0 aliphatic carbocycles. The molecule has 12 nitrogen and oxygen atoms in total.